The highest BCUT2D eigenvalue weighted by atomic mass is 35.5. The third kappa shape index (κ3) is 12.6. The largest absolute Gasteiger partial charge is 0.456 e. The summed E-state index contributed by atoms with van der Waals surface area (Å²) in [5, 5.41) is 24.4. The molecule has 0 saturated heterocycles. The first-order chi connectivity index (χ1) is 58.1. The maximum Gasteiger partial charge on any atom is 0.137 e. The highest BCUT2D eigenvalue weighted by Gasteiger charge is 2.23. The van der Waals surface area contributed by atoms with Crippen LogP contribution in [0.15, 0.2) is 352 Å². The van der Waals surface area contributed by atoms with Gasteiger partial charge in [-0.2, -0.15) is 0 Å². The van der Waals surface area contributed by atoms with Crippen molar-refractivity contribution in [3.05, 3.63) is 348 Å². The summed E-state index contributed by atoms with van der Waals surface area (Å²) in [4.78, 5) is 4.57. The van der Waals surface area contributed by atoms with Crippen LogP contribution in [0.3, 0.4) is 0 Å². The van der Waals surface area contributed by atoms with Crippen molar-refractivity contribution < 1.29 is 30.9 Å². The van der Waals surface area contributed by atoms with Gasteiger partial charge >= 0.3 is 0 Å². The Labute approximate surface area is 692 Å². The lowest BCUT2D eigenvalue weighted by molar-refractivity contribution is 0.668. The second-order valence-electron chi connectivity index (χ2n) is 32.1. The van der Waals surface area contributed by atoms with Crippen LogP contribution < -0.4 is 15.1 Å². The molecule has 24 aromatic rings. The Morgan fingerprint density at radius 2 is 0.437 bits per heavy atom. The minimum atomic E-state index is 0.429. The Morgan fingerprint density at radius 3 is 0.765 bits per heavy atom. The number of furan rings is 7. The molecule has 24 rings (SSSR count). The molecule has 0 aliphatic rings. The monoisotopic (exact) mass is 1580 g/mol. The standard InChI is InChI=1S/C64H46N2O4.C22H10Cl2O2.C21H19NO/c1-37(2)39-13-17-43(18-14-39)65(45-21-25-51-49-9-5-7-11-57(49)67-61(51)33-45)47-23-27-53-55-29-41-32-60-56(30-42(41)31-59(55)69-63(53)35-47)54-28-24-48(36-64(54)70-60)66(44-19-15-40(16-20-44)38(3)4)46-22-26-52-50-10-6-8-12-58(50)68-62(52)34-46;23-13-1-3-15-17-5-11-8-20-18(16-4-2-14(24)10-22(16)26-20)6-12(11)7-19(17)25-21(15)9-13;1-14(2)15-7-9-16(10-8-15)22-17-11-12-19-18-5-3-4-6-20(18)23-21(19)13-17/h5-38H,1-4H3;1-10H;3-14,22H,1-2H3. The number of nitrogens with one attached hydrogen (secondary N) is 1. The van der Waals surface area contributed by atoms with Gasteiger partial charge in [-0.1, -0.05) is 156 Å². The molecule has 1 N–H and O–H groups in total. The van der Waals surface area contributed by atoms with Crippen molar-refractivity contribution in [1.82, 2.24) is 0 Å². The Kier molecular flexibility index (Phi) is 17.0. The van der Waals surface area contributed by atoms with E-state index in [2.05, 4.69) is 299 Å². The van der Waals surface area contributed by atoms with E-state index in [1.807, 2.05) is 78.9 Å². The molecule has 10 nitrogen and oxygen atoms in total. The van der Waals surface area contributed by atoms with Crippen molar-refractivity contribution in [2.45, 2.75) is 59.3 Å². The summed E-state index contributed by atoms with van der Waals surface area (Å²) < 4.78 is 44.3. The predicted molar refractivity (Wildman–Crippen MR) is 497 cm³/mol. The number of anilines is 8. The topological polar surface area (TPSA) is 110 Å². The fourth-order valence-corrected chi connectivity index (χ4v) is 17.7. The van der Waals surface area contributed by atoms with Crippen LogP contribution in [0.1, 0.15) is 76.0 Å². The average molecular weight is 1590 g/mol. The smallest absolute Gasteiger partial charge is 0.137 e. The molecule has 0 saturated carbocycles. The summed E-state index contributed by atoms with van der Waals surface area (Å²) in [5.74, 6) is 1.41. The van der Waals surface area contributed by atoms with Gasteiger partial charge in [-0.15, -0.1) is 0 Å². The molecule has 0 spiro atoms. The number of halogens is 2. The van der Waals surface area contributed by atoms with Gasteiger partial charge < -0.3 is 46.0 Å². The molecule has 0 atom stereocenters. The number of fused-ring (bicyclic) bond motifs is 23. The molecule has 7 heterocycles. The highest BCUT2D eigenvalue weighted by molar-refractivity contribution is 6.32. The molecule has 0 radical (unpaired) electrons. The quantitative estimate of drug-likeness (QED) is 0.134. The Hall–Kier alpha value is -14.2. The maximum atomic E-state index is 6.77. The molecule has 17 aromatic carbocycles. The fraction of sp³-hybridized carbons (Fsp3) is 0.0841. The van der Waals surface area contributed by atoms with E-state index >= 15 is 0 Å². The van der Waals surface area contributed by atoms with Gasteiger partial charge in [0.05, 0.1) is 0 Å². The van der Waals surface area contributed by atoms with Gasteiger partial charge in [0, 0.05) is 173 Å². The van der Waals surface area contributed by atoms with E-state index in [-0.39, 0.29) is 0 Å². The molecule has 0 aliphatic carbocycles. The number of benzene rings is 17. The molecule has 574 valence electrons. The van der Waals surface area contributed by atoms with Crippen molar-refractivity contribution in [1.29, 1.82) is 0 Å². The van der Waals surface area contributed by atoms with Gasteiger partial charge in [-0.25, -0.2) is 0 Å². The second-order valence-corrected chi connectivity index (χ2v) is 32.9. The zero-order valence-corrected chi connectivity index (χ0v) is 67.4. The average Bonchev–Trinajstić information content (AvgIpc) is 1.57. The third-order valence-corrected chi connectivity index (χ3v) is 24.0. The van der Waals surface area contributed by atoms with Crippen molar-refractivity contribution in [2.24, 2.45) is 0 Å². The van der Waals surface area contributed by atoms with Gasteiger partial charge in [-0.05, 0) is 244 Å². The zero-order valence-electron chi connectivity index (χ0n) is 65.8. The number of rotatable bonds is 11. The first-order valence-corrected chi connectivity index (χ1v) is 41.1. The van der Waals surface area contributed by atoms with Crippen molar-refractivity contribution in [2.75, 3.05) is 15.1 Å². The van der Waals surface area contributed by atoms with E-state index in [9.17, 15) is 0 Å². The molecule has 12 heteroatoms. The summed E-state index contributed by atoms with van der Waals surface area (Å²) in [6.07, 6.45) is 0. The van der Waals surface area contributed by atoms with E-state index in [1.54, 1.807) is 0 Å². The second kappa shape index (κ2) is 28.3. The zero-order chi connectivity index (χ0) is 80.0. The first-order valence-electron chi connectivity index (χ1n) is 40.4. The minimum Gasteiger partial charge on any atom is -0.456 e. The maximum absolute atomic E-state index is 6.77. The number of hydrogen-bond donors (Lipinski definition) is 1. The lowest BCUT2D eigenvalue weighted by Gasteiger charge is -2.26. The lowest BCUT2D eigenvalue weighted by Crippen LogP contribution is -2.10. The minimum absolute atomic E-state index is 0.429. The van der Waals surface area contributed by atoms with Crippen LogP contribution in [-0.2, 0) is 0 Å². The molecular weight excluding hydrogens is 1510 g/mol. The van der Waals surface area contributed by atoms with E-state index in [0.29, 0.717) is 27.8 Å². The van der Waals surface area contributed by atoms with Crippen LogP contribution >= 0.6 is 23.2 Å². The van der Waals surface area contributed by atoms with Crippen LogP contribution in [0.5, 0.6) is 0 Å². The SMILES string of the molecule is CC(C)c1ccc(N(c2ccc3c(c2)oc2ccccc23)c2ccc3c(c2)oc2cc4cc5c(cc4cc23)oc2cc(N(c3ccc(C(C)C)cc3)c3ccc4c(c3)oc3ccccc34)ccc25)cc1.CC(C)c1ccc(Nc2ccc3c(c2)oc2ccccc23)cc1.Clc1ccc2c(c1)oc1cc3cc4c(cc3cc12)oc1cc(Cl)ccc14. The molecule has 0 bridgehead atoms. The number of nitrogens with zero attached hydrogens (tertiary/aromatic N) is 2. The molecule has 0 unspecified atom stereocenters. The molecule has 119 heavy (non-hydrogen) atoms. The summed E-state index contributed by atoms with van der Waals surface area (Å²) >= 11 is 12.2. The molecule has 0 fully saturated rings. The predicted octanol–water partition coefficient (Wildman–Crippen LogP) is 34.0. The highest BCUT2D eigenvalue weighted by Crippen LogP contribution is 2.47. The normalized spacial score (nSPS) is 12.1. The van der Waals surface area contributed by atoms with Crippen molar-refractivity contribution in [3.63, 3.8) is 0 Å². The van der Waals surface area contributed by atoms with E-state index in [4.69, 9.17) is 54.1 Å². The third-order valence-electron chi connectivity index (χ3n) is 23.6. The lowest BCUT2D eigenvalue weighted by atomic mass is 10.0. The van der Waals surface area contributed by atoms with Crippen LogP contribution in [0.2, 0.25) is 10.0 Å². The molecule has 7 aromatic heterocycles. The van der Waals surface area contributed by atoms with E-state index < -0.39 is 0 Å². The van der Waals surface area contributed by atoms with Crippen molar-refractivity contribution >= 4 is 244 Å². The number of hydrogen-bond acceptors (Lipinski definition) is 10. The summed E-state index contributed by atoms with van der Waals surface area (Å²) in [6.45, 7) is 13.3. The van der Waals surface area contributed by atoms with Crippen LogP contribution in [0.4, 0.5) is 45.5 Å². The summed E-state index contributed by atoms with van der Waals surface area (Å²) in [7, 11) is 0. The number of para-hydroxylation sites is 3. The summed E-state index contributed by atoms with van der Waals surface area (Å²) in [6, 6.07) is 112. The van der Waals surface area contributed by atoms with Gasteiger partial charge in [0.2, 0.25) is 0 Å². The van der Waals surface area contributed by atoms with Gasteiger partial charge in [-0.3, -0.25) is 0 Å². The van der Waals surface area contributed by atoms with E-state index in [0.717, 1.165) is 221 Å². The van der Waals surface area contributed by atoms with E-state index in [1.165, 1.54) is 16.7 Å². The first kappa shape index (κ1) is 71.4. The summed E-state index contributed by atoms with van der Waals surface area (Å²) in [5.41, 5.74) is 24.1. The molecule has 0 aliphatic heterocycles. The van der Waals surface area contributed by atoms with Crippen LogP contribution in [0, 0.1) is 0 Å². The van der Waals surface area contributed by atoms with Gasteiger partial charge in [0.25, 0.3) is 0 Å². The molecule has 0 amide bonds. The molecular formula is C107H75Cl2N3O7. The van der Waals surface area contributed by atoms with Crippen molar-refractivity contribution in [3.8, 4) is 0 Å². The Balaban J connectivity index is 0.000000140. The Bertz CT molecular complexity index is 7780. The van der Waals surface area contributed by atoms with Crippen LogP contribution in [-0.4, -0.2) is 0 Å². The van der Waals surface area contributed by atoms with Gasteiger partial charge in [0.15, 0.2) is 0 Å². The van der Waals surface area contributed by atoms with Crippen LogP contribution in [0.25, 0.3) is 175 Å². The Morgan fingerprint density at radius 1 is 0.202 bits per heavy atom. The fourth-order valence-electron chi connectivity index (χ4n) is 17.3. The van der Waals surface area contributed by atoms with Gasteiger partial charge in [0.1, 0.15) is 78.2 Å².